The topological polar surface area (TPSA) is 9.23 Å². The summed E-state index contributed by atoms with van der Waals surface area (Å²) >= 11 is 11.2. The molecule has 0 saturated carbocycles. The number of ether oxygens (including phenoxy) is 1. The Balaban J connectivity index is 2.31. The summed E-state index contributed by atoms with van der Waals surface area (Å²) in [4.78, 5) is 1.39. The highest BCUT2D eigenvalue weighted by Gasteiger charge is 2.13. The van der Waals surface area contributed by atoms with Crippen molar-refractivity contribution in [2.75, 3.05) is 7.11 Å². The average Bonchev–Trinajstić information content (AvgIpc) is 2.75. The number of hydrogen-bond acceptors (Lipinski definition) is 2. The molecule has 0 saturated heterocycles. The molecule has 0 spiro atoms. The van der Waals surface area contributed by atoms with E-state index in [-0.39, 0.29) is 4.83 Å². The summed E-state index contributed by atoms with van der Waals surface area (Å²) in [7, 11) is 1.69. The molecule has 1 atom stereocenters. The third-order valence-corrected chi connectivity index (χ3v) is 5.18. The maximum absolute atomic E-state index is 5.95. The molecule has 1 heterocycles. The summed E-state index contributed by atoms with van der Waals surface area (Å²) in [6, 6.07) is 10.2. The highest BCUT2D eigenvalue weighted by molar-refractivity contribution is 9.09. The normalized spacial score (nSPS) is 12.5. The Labute approximate surface area is 119 Å². The molecule has 0 bridgehead atoms. The maximum atomic E-state index is 5.95. The molecule has 90 valence electrons. The molecule has 0 fully saturated rings. The summed E-state index contributed by atoms with van der Waals surface area (Å²) < 4.78 is 6.07. The van der Waals surface area contributed by atoms with Crippen LogP contribution in [0.2, 0.25) is 4.34 Å². The van der Waals surface area contributed by atoms with Gasteiger partial charge in [-0.25, -0.2) is 0 Å². The fourth-order valence-electron chi connectivity index (χ4n) is 1.69. The van der Waals surface area contributed by atoms with E-state index in [0.29, 0.717) is 0 Å². The van der Waals surface area contributed by atoms with Crippen LogP contribution < -0.4 is 4.74 Å². The lowest BCUT2D eigenvalue weighted by Crippen LogP contribution is -1.93. The van der Waals surface area contributed by atoms with Gasteiger partial charge in [-0.1, -0.05) is 39.7 Å². The molecule has 1 nitrogen and oxygen atoms in total. The second-order valence-corrected chi connectivity index (χ2v) is 6.40. The smallest absolute Gasteiger partial charge is 0.121 e. The molecule has 2 aromatic rings. The first kappa shape index (κ1) is 12.9. The van der Waals surface area contributed by atoms with Crippen LogP contribution in [0.15, 0.2) is 30.3 Å². The molecule has 2 rings (SSSR count). The fourth-order valence-corrected chi connectivity index (χ4v) is 3.47. The van der Waals surface area contributed by atoms with E-state index in [2.05, 4.69) is 28.1 Å². The van der Waals surface area contributed by atoms with Crippen LogP contribution in [-0.2, 0) is 0 Å². The van der Waals surface area contributed by atoms with Crippen LogP contribution in [0.3, 0.4) is 0 Å². The van der Waals surface area contributed by atoms with E-state index in [9.17, 15) is 0 Å². The van der Waals surface area contributed by atoms with Crippen LogP contribution in [0.4, 0.5) is 0 Å². The molecule has 1 unspecified atom stereocenters. The summed E-state index contributed by atoms with van der Waals surface area (Å²) in [5, 5.41) is 0. The van der Waals surface area contributed by atoms with Gasteiger partial charge in [0.25, 0.3) is 0 Å². The molecule has 1 aromatic carbocycles. The van der Waals surface area contributed by atoms with E-state index in [1.807, 2.05) is 25.1 Å². The van der Waals surface area contributed by atoms with Gasteiger partial charge >= 0.3 is 0 Å². The Hall–Kier alpha value is -0.510. The van der Waals surface area contributed by atoms with Crippen LogP contribution in [-0.4, -0.2) is 7.11 Å². The molecule has 0 aliphatic heterocycles. The standard InChI is InChI=1S/C13H12BrClOS/c1-8-7-9(3-4-10(8)16-2)13(14)11-5-6-12(15)17-11/h3-7,13H,1-2H3. The first-order chi connectivity index (χ1) is 8.11. The first-order valence-corrected chi connectivity index (χ1v) is 7.26. The van der Waals surface area contributed by atoms with Gasteiger partial charge in [0.1, 0.15) is 5.75 Å². The zero-order valence-electron chi connectivity index (χ0n) is 9.54. The molecular formula is C13H12BrClOS. The zero-order chi connectivity index (χ0) is 12.4. The number of rotatable bonds is 3. The zero-order valence-corrected chi connectivity index (χ0v) is 12.7. The number of aryl methyl sites for hydroxylation is 1. The van der Waals surface area contributed by atoms with Crippen molar-refractivity contribution in [1.29, 1.82) is 0 Å². The second-order valence-electron chi connectivity index (χ2n) is 3.73. The Morgan fingerprint density at radius 3 is 2.59 bits per heavy atom. The highest BCUT2D eigenvalue weighted by atomic mass is 79.9. The third kappa shape index (κ3) is 2.84. The van der Waals surface area contributed by atoms with E-state index < -0.39 is 0 Å². The fraction of sp³-hybridized carbons (Fsp3) is 0.231. The minimum absolute atomic E-state index is 0.185. The Kier molecular flexibility index (Phi) is 4.13. The van der Waals surface area contributed by atoms with Crippen LogP contribution in [0.25, 0.3) is 0 Å². The monoisotopic (exact) mass is 330 g/mol. The predicted molar refractivity (Wildman–Crippen MR) is 77.8 cm³/mol. The lowest BCUT2D eigenvalue weighted by Gasteiger charge is -2.11. The molecule has 1 aromatic heterocycles. The average molecular weight is 332 g/mol. The van der Waals surface area contributed by atoms with Crippen molar-refractivity contribution in [3.8, 4) is 5.75 Å². The van der Waals surface area contributed by atoms with Crippen molar-refractivity contribution in [3.05, 3.63) is 50.7 Å². The van der Waals surface area contributed by atoms with Gasteiger partial charge in [-0.3, -0.25) is 0 Å². The van der Waals surface area contributed by atoms with E-state index in [4.69, 9.17) is 16.3 Å². The molecule has 0 aliphatic rings. The molecular weight excluding hydrogens is 320 g/mol. The summed E-state index contributed by atoms with van der Waals surface area (Å²) in [6.45, 7) is 2.05. The van der Waals surface area contributed by atoms with Gasteiger partial charge in [-0.05, 0) is 36.2 Å². The SMILES string of the molecule is COc1ccc(C(Br)c2ccc(Cl)s2)cc1C. The van der Waals surface area contributed by atoms with Crippen molar-refractivity contribution >= 4 is 38.9 Å². The molecule has 4 heteroatoms. The first-order valence-electron chi connectivity index (χ1n) is 5.15. The van der Waals surface area contributed by atoms with Crippen LogP contribution in [0.5, 0.6) is 5.75 Å². The number of benzene rings is 1. The summed E-state index contributed by atoms with van der Waals surface area (Å²) in [6.07, 6.45) is 0. The summed E-state index contributed by atoms with van der Waals surface area (Å²) in [5.74, 6) is 0.915. The third-order valence-electron chi connectivity index (χ3n) is 2.56. The van der Waals surface area contributed by atoms with E-state index in [1.54, 1.807) is 18.4 Å². The Morgan fingerprint density at radius 1 is 1.29 bits per heavy atom. The van der Waals surface area contributed by atoms with Crippen molar-refractivity contribution in [1.82, 2.24) is 0 Å². The maximum Gasteiger partial charge on any atom is 0.121 e. The summed E-state index contributed by atoms with van der Waals surface area (Å²) in [5.41, 5.74) is 2.35. The molecule has 17 heavy (non-hydrogen) atoms. The quantitative estimate of drug-likeness (QED) is 0.702. The van der Waals surface area contributed by atoms with Gasteiger partial charge in [0, 0.05) is 4.88 Å². The predicted octanol–water partition coefficient (Wildman–Crippen LogP) is 5.20. The van der Waals surface area contributed by atoms with Gasteiger partial charge in [0.15, 0.2) is 0 Å². The van der Waals surface area contributed by atoms with Crippen molar-refractivity contribution in [2.24, 2.45) is 0 Å². The number of alkyl halides is 1. The second kappa shape index (κ2) is 5.42. The van der Waals surface area contributed by atoms with E-state index in [0.717, 1.165) is 15.6 Å². The molecule has 0 aliphatic carbocycles. The van der Waals surface area contributed by atoms with Gasteiger partial charge in [0.2, 0.25) is 0 Å². The number of halogens is 2. The van der Waals surface area contributed by atoms with E-state index in [1.165, 1.54) is 10.4 Å². The van der Waals surface area contributed by atoms with Gasteiger partial charge in [0.05, 0.1) is 16.3 Å². The number of methoxy groups -OCH3 is 1. The van der Waals surface area contributed by atoms with Crippen LogP contribution in [0, 0.1) is 6.92 Å². The van der Waals surface area contributed by atoms with Crippen molar-refractivity contribution < 1.29 is 4.74 Å². The minimum Gasteiger partial charge on any atom is -0.496 e. The highest BCUT2D eigenvalue weighted by Crippen LogP contribution is 2.37. The van der Waals surface area contributed by atoms with Gasteiger partial charge in [-0.2, -0.15) is 0 Å². The molecule has 0 amide bonds. The molecule has 0 N–H and O–H groups in total. The van der Waals surface area contributed by atoms with Gasteiger partial charge < -0.3 is 4.74 Å². The van der Waals surface area contributed by atoms with Gasteiger partial charge in [-0.15, -0.1) is 11.3 Å². The van der Waals surface area contributed by atoms with Crippen LogP contribution >= 0.6 is 38.9 Å². The van der Waals surface area contributed by atoms with Crippen molar-refractivity contribution in [3.63, 3.8) is 0 Å². The van der Waals surface area contributed by atoms with E-state index >= 15 is 0 Å². The molecule has 0 radical (unpaired) electrons. The minimum atomic E-state index is 0.185. The lowest BCUT2D eigenvalue weighted by atomic mass is 10.1. The Bertz CT molecular complexity index is 524. The van der Waals surface area contributed by atoms with Crippen LogP contribution in [0.1, 0.15) is 20.8 Å². The lowest BCUT2D eigenvalue weighted by molar-refractivity contribution is 0.411. The number of hydrogen-bond donors (Lipinski definition) is 0. The number of thiophene rings is 1. The largest absolute Gasteiger partial charge is 0.496 e. The van der Waals surface area contributed by atoms with Crippen molar-refractivity contribution in [2.45, 2.75) is 11.8 Å². The Morgan fingerprint density at radius 2 is 2.06 bits per heavy atom.